The molecule has 1 aliphatic rings. The Morgan fingerprint density at radius 3 is 2.37 bits per heavy atom. The van der Waals surface area contributed by atoms with Crippen molar-refractivity contribution in [2.45, 2.75) is 65.2 Å². The summed E-state index contributed by atoms with van der Waals surface area (Å²) in [5.74, 6) is -0.317. The first-order valence-corrected chi connectivity index (χ1v) is 9.83. The number of fused-ring (bicyclic) bond motifs is 1. The lowest BCUT2D eigenvalue weighted by Crippen LogP contribution is -2.34. The van der Waals surface area contributed by atoms with Crippen molar-refractivity contribution in [3.05, 3.63) is 52.9 Å². The summed E-state index contributed by atoms with van der Waals surface area (Å²) < 4.78 is 4.94. The van der Waals surface area contributed by atoms with Crippen molar-refractivity contribution in [1.82, 2.24) is 4.98 Å². The number of hydrogen-bond donors (Lipinski definition) is 1. The highest BCUT2D eigenvalue weighted by molar-refractivity contribution is 5.87. The second-order valence-corrected chi connectivity index (χ2v) is 8.91. The van der Waals surface area contributed by atoms with Gasteiger partial charge in [-0.15, -0.1) is 0 Å². The molecule has 3 rings (SSSR count). The lowest BCUT2D eigenvalue weighted by Gasteiger charge is -2.42. The predicted octanol–water partition coefficient (Wildman–Crippen LogP) is 5.92. The van der Waals surface area contributed by atoms with Crippen molar-refractivity contribution in [2.24, 2.45) is 0 Å². The second-order valence-electron chi connectivity index (χ2n) is 8.91. The molecule has 0 bridgehead atoms. The average molecular weight is 366 g/mol. The monoisotopic (exact) mass is 365 g/mol. The Morgan fingerprint density at radius 1 is 1.11 bits per heavy atom. The van der Waals surface area contributed by atoms with E-state index in [2.05, 4.69) is 57.8 Å². The fourth-order valence-electron chi connectivity index (χ4n) is 4.05. The summed E-state index contributed by atoms with van der Waals surface area (Å²) in [6.45, 7) is 13.8. The van der Waals surface area contributed by atoms with Crippen LogP contribution in [0.2, 0.25) is 0 Å². The van der Waals surface area contributed by atoms with Gasteiger partial charge in [0.1, 0.15) is 0 Å². The Morgan fingerprint density at radius 2 is 1.74 bits per heavy atom. The lowest BCUT2D eigenvalue weighted by atomic mass is 9.62. The van der Waals surface area contributed by atoms with E-state index in [1.54, 1.807) is 13.0 Å². The zero-order valence-corrected chi connectivity index (χ0v) is 17.4. The van der Waals surface area contributed by atoms with Gasteiger partial charge in [0.05, 0.1) is 6.61 Å². The van der Waals surface area contributed by atoms with Gasteiger partial charge in [0, 0.05) is 18.0 Å². The Kier molecular flexibility index (Phi) is 5.07. The number of nitrogens with one attached hydrogen (secondary N) is 1. The van der Waals surface area contributed by atoms with Gasteiger partial charge in [-0.2, -0.15) is 0 Å². The molecule has 3 nitrogen and oxygen atoms in total. The molecule has 1 aliphatic carbocycles. The van der Waals surface area contributed by atoms with Crippen molar-refractivity contribution >= 4 is 12.0 Å². The third-order valence-electron chi connectivity index (χ3n) is 5.90. The van der Waals surface area contributed by atoms with Crippen LogP contribution in [-0.4, -0.2) is 17.6 Å². The third-order valence-corrected chi connectivity index (χ3v) is 5.90. The molecule has 27 heavy (non-hydrogen) atoms. The number of ether oxygens (including phenoxy) is 1. The van der Waals surface area contributed by atoms with Crippen LogP contribution in [0.25, 0.3) is 17.2 Å². The fraction of sp³-hybridized carbons (Fsp3) is 0.458. The zero-order valence-electron chi connectivity index (χ0n) is 17.4. The van der Waals surface area contributed by atoms with Crippen LogP contribution in [0.3, 0.4) is 0 Å². The number of carbonyl (C=O) groups is 1. The number of rotatable bonds is 4. The van der Waals surface area contributed by atoms with Crippen LogP contribution in [0.4, 0.5) is 0 Å². The number of benzene rings is 1. The third kappa shape index (κ3) is 3.87. The molecule has 1 aromatic heterocycles. The summed E-state index contributed by atoms with van der Waals surface area (Å²) in [4.78, 5) is 14.8. The summed E-state index contributed by atoms with van der Waals surface area (Å²) in [5.41, 5.74) is 7.96. The molecule has 0 amide bonds. The molecule has 0 unspecified atom stereocenters. The van der Waals surface area contributed by atoms with Gasteiger partial charge in [-0.3, -0.25) is 0 Å². The van der Waals surface area contributed by atoms with E-state index in [1.165, 1.54) is 41.2 Å². The van der Waals surface area contributed by atoms with E-state index < -0.39 is 0 Å². The molecule has 144 valence electrons. The van der Waals surface area contributed by atoms with Crippen LogP contribution < -0.4 is 0 Å². The molecule has 0 atom stereocenters. The van der Waals surface area contributed by atoms with Crippen molar-refractivity contribution in [1.29, 1.82) is 0 Å². The van der Waals surface area contributed by atoms with Gasteiger partial charge in [-0.05, 0) is 83.5 Å². The Bertz CT molecular complexity index is 884. The lowest BCUT2D eigenvalue weighted by molar-refractivity contribution is -0.137. The highest BCUT2D eigenvalue weighted by Crippen LogP contribution is 2.47. The van der Waals surface area contributed by atoms with E-state index in [4.69, 9.17) is 4.74 Å². The minimum Gasteiger partial charge on any atom is -0.463 e. The first-order chi connectivity index (χ1) is 12.6. The number of esters is 1. The first-order valence-electron chi connectivity index (χ1n) is 9.83. The van der Waals surface area contributed by atoms with Crippen LogP contribution in [0.5, 0.6) is 0 Å². The molecule has 1 heterocycles. The van der Waals surface area contributed by atoms with Crippen molar-refractivity contribution in [2.75, 3.05) is 6.61 Å². The maximum atomic E-state index is 11.5. The van der Waals surface area contributed by atoms with Gasteiger partial charge in [-0.25, -0.2) is 4.79 Å². The van der Waals surface area contributed by atoms with E-state index in [-0.39, 0.29) is 16.8 Å². The minimum atomic E-state index is -0.317. The van der Waals surface area contributed by atoms with Crippen LogP contribution in [0.1, 0.15) is 69.8 Å². The Hall–Kier alpha value is -2.29. The van der Waals surface area contributed by atoms with Crippen molar-refractivity contribution in [3.8, 4) is 11.1 Å². The molecular weight excluding hydrogens is 334 g/mol. The van der Waals surface area contributed by atoms with Gasteiger partial charge >= 0.3 is 5.97 Å². The molecule has 2 aromatic rings. The molecule has 3 heteroatoms. The standard InChI is InChI=1S/C24H31NO2/c1-7-27-22(26)9-8-18-13-17(15-25-18)19-14-21-20(12-16(19)2)23(3,4)10-11-24(21,5)6/h8-9,12-15,25H,7,10-11H2,1-6H3/b9-8+. The van der Waals surface area contributed by atoms with Crippen molar-refractivity contribution < 1.29 is 9.53 Å². The normalized spacial score (nSPS) is 17.7. The van der Waals surface area contributed by atoms with Crippen LogP contribution in [-0.2, 0) is 20.4 Å². The molecule has 0 aliphatic heterocycles. The number of aromatic amines is 1. The molecule has 0 saturated heterocycles. The SMILES string of the molecule is CCOC(=O)/C=C/c1cc(-c2cc3c(cc2C)C(C)(C)CCC3(C)C)c[nH]1. The average Bonchev–Trinajstić information content (AvgIpc) is 3.06. The maximum Gasteiger partial charge on any atom is 0.330 e. The van der Waals surface area contributed by atoms with E-state index in [0.29, 0.717) is 6.61 Å². The largest absolute Gasteiger partial charge is 0.463 e. The number of carbonyl (C=O) groups excluding carboxylic acids is 1. The van der Waals surface area contributed by atoms with Gasteiger partial charge in [-0.1, -0.05) is 33.8 Å². The smallest absolute Gasteiger partial charge is 0.330 e. The highest BCUT2D eigenvalue weighted by atomic mass is 16.5. The number of hydrogen-bond acceptors (Lipinski definition) is 2. The van der Waals surface area contributed by atoms with Crippen LogP contribution in [0.15, 0.2) is 30.5 Å². The minimum absolute atomic E-state index is 0.191. The predicted molar refractivity (Wildman–Crippen MR) is 112 cm³/mol. The summed E-state index contributed by atoms with van der Waals surface area (Å²) >= 11 is 0. The Labute approximate surface area is 162 Å². The van der Waals surface area contributed by atoms with Gasteiger partial charge in [0.2, 0.25) is 0 Å². The molecule has 1 N–H and O–H groups in total. The Balaban J connectivity index is 1.98. The first kappa shape index (κ1) is 19.5. The van der Waals surface area contributed by atoms with Gasteiger partial charge in [0.15, 0.2) is 0 Å². The second kappa shape index (κ2) is 7.03. The summed E-state index contributed by atoms with van der Waals surface area (Å²) in [5, 5.41) is 0. The maximum absolute atomic E-state index is 11.5. The van der Waals surface area contributed by atoms with Crippen molar-refractivity contribution in [3.63, 3.8) is 0 Å². The molecule has 0 radical (unpaired) electrons. The molecule has 0 spiro atoms. The molecular formula is C24H31NO2. The van der Waals surface area contributed by atoms with E-state index >= 15 is 0 Å². The molecule has 0 fully saturated rings. The number of aromatic nitrogens is 1. The summed E-state index contributed by atoms with van der Waals surface area (Å²) in [7, 11) is 0. The van der Waals surface area contributed by atoms with Crippen LogP contribution in [0, 0.1) is 6.92 Å². The van der Waals surface area contributed by atoms with E-state index in [1.807, 2.05) is 6.20 Å². The number of H-pyrrole nitrogens is 1. The topological polar surface area (TPSA) is 42.1 Å². The van der Waals surface area contributed by atoms with Gasteiger partial charge < -0.3 is 9.72 Å². The van der Waals surface area contributed by atoms with E-state index in [0.717, 1.165) is 11.3 Å². The number of aryl methyl sites for hydroxylation is 1. The highest BCUT2D eigenvalue weighted by Gasteiger charge is 2.37. The van der Waals surface area contributed by atoms with E-state index in [9.17, 15) is 4.79 Å². The van der Waals surface area contributed by atoms with Crippen LogP contribution >= 0.6 is 0 Å². The molecule has 0 saturated carbocycles. The quantitative estimate of drug-likeness (QED) is 0.540. The fourth-order valence-corrected chi connectivity index (χ4v) is 4.05. The van der Waals surface area contributed by atoms with Gasteiger partial charge in [0.25, 0.3) is 0 Å². The summed E-state index contributed by atoms with van der Waals surface area (Å²) in [6.07, 6.45) is 7.67. The molecule has 1 aromatic carbocycles. The summed E-state index contributed by atoms with van der Waals surface area (Å²) in [6, 6.07) is 6.85. The zero-order chi connectivity index (χ0) is 19.8.